The smallest absolute Gasteiger partial charge is 0.306 e. The number of carbonyl (C=O) groups excluding carboxylic acids is 1. The Bertz CT molecular complexity index is 272. The standard InChI is InChI=1S/C11H18O3/c1-10(2)5-7(12)4-8-11(10,3)6-9(13)14-8/h7-8,12H,4-6H2,1-3H3. The van der Waals surface area contributed by atoms with Gasteiger partial charge in [-0.2, -0.15) is 0 Å². The molecule has 0 bridgehead atoms. The second-order valence-electron chi connectivity index (χ2n) is 5.55. The molecule has 1 saturated heterocycles. The monoisotopic (exact) mass is 198 g/mol. The number of rotatable bonds is 0. The van der Waals surface area contributed by atoms with Gasteiger partial charge in [0, 0.05) is 11.8 Å². The Morgan fingerprint density at radius 2 is 2.07 bits per heavy atom. The minimum absolute atomic E-state index is 0.0263. The molecule has 2 rings (SSSR count). The van der Waals surface area contributed by atoms with E-state index in [0.717, 1.165) is 6.42 Å². The second kappa shape index (κ2) is 2.72. The minimum atomic E-state index is -0.325. The average molecular weight is 198 g/mol. The third-order valence-corrected chi connectivity index (χ3v) is 4.27. The molecule has 1 aliphatic heterocycles. The van der Waals surface area contributed by atoms with Gasteiger partial charge in [0.1, 0.15) is 6.10 Å². The summed E-state index contributed by atoms with van der Waals surface area (Å²) in [4.78, 5) is 11.3. The van der Waals surface area contributed by atoms with E-state index in [0.29, 0.717) is 12.8 Å². The van der Waals surface area contributed by atoms with Crippen molar-refractivity contribution < 1.29 is 14.6 Å². The lowest BCUT2D eigenvalue weighted by Crippen LogP contribution is -2.49. The van der Waals surface area contributed by atoms with Crippen LogP contribution >= 0.6 is 0 Å². The lowest BCUT2D eigenvalue weighted by atomic mass is 9.56. The maximum atomic E-state index is 11.3. The highest BCUT2D eigenvalue weighted by atomic mass is 16.6. The zero-order valence-corrected chi connectivity index (χ0v) is 9.04. The van der Waals surface area contributed by atoms with E-state index in [9.17, 15) is 9.90 Å². The Labute approximate surface area is 84.4 Å². The van der Waals surface area contributed by atoms with Crippen LogP contribution in [-0.2, 0) is 9.53 Å². The molecule has 1 saturated carbocycles. The summed E-state index contributed by atoms with van der Waals surface area (Å²) in [6.45, 7) is 6.34. The van der Waals surface area contributed by atoms with Gasteiger partial charge in [-0.15, -0.1) is 0 Å². The summed E-state index contributed by atoms with van der Waals surface area (Å²) >= 11 is 0. The van der Waals surface area contributed by atoms with Gasteiger partial charge in [0.05, 0.1) is 12.5 Å². The molecule has 14 heavy (non-hydrogen) atoms. The van der Waals surface area contributed by atoms with Gasteiger partial charge in [0.2, 0.25) is 0 Å². The maximum Gasteiger partial charge on any atom is 0.306 e. The van der Waals surface area contributed by atoms with E-state index in [4.69, 9.17) is 4.74 Å². The molecule has 3 unspecified atom stereocenters. The number of carbonyl (C=O) groups is 1. The Hall–Kier alpha value is -0.570. The molecular weight excluding hydrogens is 180 g/mol. The Morgan fingerprint density at radius 3 is 2.71 bits per heavy atom. The molecule has 80 valence electrons. The van der Waals surface area contributed by atoms with Crippen molar-refractivity contribution in [2.75, 3.05) is 0 Å². The van der Waals surface area contributed by atoms with Gasteiger partial charge in [0.25, 0.3) is 0 Å². The predicted octanol–water partition coefficient (Wildman–Crippen LogP) is 1.49. The molecule has 0 radical (unpaired) electrons. The van der Waals surface area contributed by atoms with Crippen molar-refractivity contribution in [2.24, 2.45) is 10.8 Å². The van der Waals surface area contributed by atoms with Crippen LogP contribution in [0.2, 0.25) is 0 Å². The maximum absolute atomic E-state index is 11.3. The van der Waals surface area contributed by atoms with E-state index in [-0.39, 0.29) is 29.0 Å². The molecular formula is C11H18O3. The summed E-state index contributed by atoms with van der Waals surface area (Å²) < 4.78 is 5.28. The van der Waals surface area contributed by atoms with Crippen LogP contribution in [-0.4, -0.2) is 23.3 Å². The Balaban J connectivity index is 2.33. The van der Waals surface area contributed by atoms with Crippen molar-refractivity contribution in [1.29, 1.82) is 0 Å². The second-order valence-corrected chi connectivity index (χ2v) is 5.55. The highest BCUT2D eigenvalue weighted by molar-refractivity contribution is 5.73. The summed E-state index contributed by atoms with van der Waals surface area (Å²) in [5.74, 6) is -0.111. The van der Waals surface area contributed by atoms with Crippen LogP contribution < -0.4 is 0 Å². The van der Waals surface area contributed by atoms with E-state index in [1.165, 1.54) is 0 Å². The first-order chi connectivity index (χ1) is 6.35. The van der Waals surface area contributed by atoms with Gasteiger partial charge in [-0.3, -0.25) is 4.79 Å². The third-order valence-electron chi connectivity index (χ3n) is 4.27. The topological polar surface area (TPSA) is 46.5 Å². The van der Waals surface area contributed by atoms with Crippen molar-refractivity contribution >= 4 is 5.97 Å². The van der Waals surface area contributed by atoms with Crippen LogP contribution in [0.1, 0.15) is 40.0 Å². The average Bonchev–Trinajstić information content (AvgIpc) is 2.25. The SMILES string of the molecule is CC1(C)CC(O)CC2OC(=O)CC21C. The fraction of sp³-hybridized carbons (Fsp3) is 0.909. The minimum Gasteiger partial charge on any atom is -0.462 e. The lowest BCUT2D eigenvalue weighted by molar-refractivity contribution is -0.146. The number of aliphatic hydroxyl groups excluding tert-OH is 1. The quantitative estimate of drug-likeness (QED) is 0.600. The number of aliphatic hydroxyl groups is 1. The molecule has 2 aliphatic rings. The van der Waals surface area contributed by atoms with E-state index < -0.39 is 0 Å². The van der Waals surface area contributed by atoms with Crippen LogP contribution in [0.25, 0.3) is 0 Å². The number of hydrogen-bond acceptors (Lipinski definition) is 3. The van der Waals surface area contributed by atoms with Crippen molar-refractivity contribution in [3.8, 4) is 0 Å². The van der Waals surface area contributed by atoms with Gasteiger partial charge < -0.3 is 9.84 Å². The summed E-state index contributed by atoms with van der Waals surface area (Å²) in [5, 5.41) is 9.70. The highest BCUT2D eigenvalue weighted by Gasteiger charge is 2.58. The number of ether oxygens (including phenoxy) is 1. The molecule has 3 atom stereocenters. The molecule has 0 spiro atoms. The van der Waals surface area contributed by atoms with E-state index in [1.54, 1.807) is 0 Å². The van der Waals surface area contributed by atoms with E-state index in [2.05, 4.69) is 20.8 Å². The van der Waals surface area contributed by atoms with E-state index in [1.807, 2.05) is 0 Å². The van der Waals surface area contributed by atoms with Crippen molar-refractivity contribution in [2.45, 2.75) is 52.2 Å². The molecule has 0 aromatic rings. The van der Waals surface area contributed by atoms with Crippen LogP contribution in [0.5, 0.6) is 0 Å². The molecule has 0 aromatic heterocycles. The zero-order valence-electron chi connectivity index (χ0n) is 9.04. The molecule has 3 heteroatoms. The van der Waals surface area contributed by atoms with E-state index >= 15 is 0 Å². The van der Waals surface area contributed by atoms with Gasteiger partial charge >= 0.3 is 5.97 Å². The predicted molar refractivity (Wildman–Crippen MR) is 51.6 cm³/mol. The van der Waals surface area contributed by atoms with Crippen LogP contribution in [0.4, 0.5) is 0 Å². The fourth-order valence-electron chi connectivity index (χ4n) is 2.88. The first kappa shape index (κ1) is 9.97. The van der Waals surface area contributed by atoms with Gasteiger partial charge in [-0.05, 0) is 11.8 Å². The summed E-state index contributed by atoms with van der Waals surface area (Å²) in [6.07, 6.45) is 1.45. The molecule has 1 N–H and O–H groups in total. The number of fused-ring (bicyclic) bond motifs is 1. The summed E-state index contributed by atoms with van der Waals surface area (Å²) in [7, 11) is 0. The van der Waals surface area contributed by atoms with Crippen molar-refractivity contribution in [1.82, 2.24) is 0 Å². The molecule has 0 amide bonds. The summed E-state index contributed by atoms with van der Waals surface area (Å²) in [6, 6.07) is 0. The number of hydrogen-bond donors (Lipinski definition) is 1. The highest BCUT2D eigenvalue weighted by Crippen LogP contribution is 2.56. The van der Waals surface area contributed by atoms with Gasteiger partial charge in [0.15, 0.2) is 0 Å². The van der Waals surface area contributed by atoms with Gasteiger partial charge in [-0.25, -0.2) is 0 Å². The van der Waals surface area contributed by atoms with Crippen LogP contribution in [0.15, 0.2) is 0 Å². The van der Waals surface area contributed by atoms with Crippen molar-refractivity contribution in [3.63, 3.8) is 0 Å². The third kappa shape index (κ3) is 1.18. The molecule has 1 aliphatic carbocycles. The molecule has 2 fully saturated rings. The van der Waals surface area contributed by atoms with Gasteiger partial charge in [-0.1, -0.05) is 20.8 Å². The Morgan fingerprint density at radius 1 is 1.43 bits per heavy atom. The van der Waals surface area contributed by atoms with Crippen molar-refractivity contribution in [3.05, 3.63) is 0 Å². The molecule has 0 aromatic carbocycles. The fourth-order valence-corrected chi connectivity index (χ4v) is 2.88. The first-order valence-electron chi connectivity index (χ1n) is 5.23. The summed E-state index contributed by atoms with van der Waals surface area (Å²) in [5.41, 5.74) is -0.120. The molecule has 1 heterocycles. The largest absolute Gasteiger partial charge is 0.462 e. The lowest BCUT2D eigenvalue weighted by Gasteiger charge is -2.49. The normalized spacial score (nSPS) is 45.9. The Kier molecular flexibility index (Phi) is 1.94. The van der Waals surface area contributed by atoms with Crippen LogP contribution in [0, 0.1) is 10.8 Å². The first-order valence-corrected chi connectivity index (χ1v) is 5.23. The molecule has 3 nitrogen and oxygen atoms in total. The number of esters is 1. The zero-order chi connectivity index (χ0) is 10.6. The van der Waals surface area contributed by atoms with Crippen LogP contribution in [0.3, 0.4) is 0 Å².